The molecule has 1 aromatic carbocycles. The van der Waals surface area contributed by atoms with Gasteiger partial charge in [0.2, 0.25) is 0 Å². The monoisotopic (exact) mass is 297 g/mol. The van der Waals surface area contributed by atoms with Crippen molar-refractivity contribution in [1.82, 2.24) is 5.32 Å². The minimum Gasteiger partial charge on any atom is -0.378 e. The molecule has 0 aliphatic carbocycles. The Morgan fingerprint density at radius 1 is 1.45 bits per heavy atom. The molecule has 1 heterocycles. The fourth-order valence-corrected chi connectivity index (χ4v) is 3.59. The highest BCUT2D eigenvalue weighted by molar-refractivity contribution is 7.99. The average Bonchev–Trinajstić information content (AvgIpc) is 2.97. The summed E-state index contributed by atoms with van der Waals surface area (Å²) in [6.45, 7) is 3.99. The molecule has 1 N–H and O–H groups in total. The van der Waals surface area contributed by atoms with E-state index in [2.05, 4.69) is 12.2 Å². The lowest BCUT2D eigenvalue weighted by molar-refractivity contribution is 0.100. The molecular weight excluding hydrogens is 273 g/mol. The average molecular weight is 297 g/mol. The number of rotatable bonds is 8. The van der Waals surface area contributed by atoms with E-state index in [0.29, 0.717) is 12.1 Å². The zero-order valence-corrected chi connectivity index (χ0v) is 12.9. The molecule has 0 amide bonds. The number of thioether (sulfide) groups is 1. The summed E-state index contributed by atoms with van der Waals surface area (Å²) in [5, 5.41) is 3.50. The third kappa shape index (κ3) is 5.08. The summed E-state index contributed by atoms with van der Waals surface area (Å²) < 4.78 is 19.3. The fourth-order valence-electron chi connectivity index (χ4n) is 2.54. The lowest BCUT2D eigenvalue weighted by Gasteiger charge is -2.19. The predicted octanol–water partition coefficient (Wildman–Crippen LogP) is 3.86. The van der Waals surface area contributed by atoms with Crippen LogP contribution in [0.25, 0.3) is 0 Å². The molecule has 112 valence electrons. The van der Waals surface area contributed by atoms with Crippen LogP contribution in [0.4, 0.5) is 4.39 Å². The maximum atomic E-state index is 13.6. The Hall–Kier alpha value is -0.580. The van der Waals surface area contributed by atoms with Gasteiger partial charge in [0, 0.05) is 23.3 Å². The van der Waals surface area contributed by atoms with Crippen molar-refractivity contribution >= 4 is 11.8 Å². The van der Waals surface area contributed by atoms with E-state index in [4.69, 9.17) is 4.74 Å². The number of halogens is 1. The Morgan fingerprint density at radius 3 is 3.00 bits per heavy atom. The highest BCUT2D eigenvalue weighted by Crippen LogP contribution is 2.24. The highest BCUT2D eigenvalue weighted by atomic mass is 32.2. The number of hydrogen-bond acceptors (Lipinski definition) is 3. The van der Waals surface area contributed by atoms with Crippen LogP contribution in [0.3, 0.4) is 0 Å². The van der Waals surface area contributed by atoms with Crippen LogP contribution in [0.2, 0.25) is 0 Å². The normalized spacial score (nSPS) is 20.2. The van der Waals surface area contributed by atoms with E-state index in [1.807, 2.05) is 12.1 Å². The maximum Gasteiger partial charge on any atom is 0.136 e. The summed E-state index contributed by atoms with van der Waals surface area (Å²) in [7, 11) is 0. The van der Waals surface area contributed by atoms with E-state index in [1.54, 1.807) is 17.8 Å². The summed E-state index contributed by atoms with van der Waals surface area (Å²) in [4.78, 5) is 0.743. The second-order valence-corrected chi connectivity index (χ2v) is 6.27. The fraction of sp³-hybridized carbons (Fsp3) is 0.625. The van der Waals surface area contributed by atoms with E-state index in [-0.39, 0.29) is 5.82 Å². The van der Waals surface area contributed by atoms with Crippen LogP contribution < -0.4 is 5.32 Å². The molecule has 2 rings (SSSR count). The summed E-state index contributed by atoms with van der Waals surface area (Å²) in [5.41, 5.74) is 0. The molecule has 20 heavy (non-hydrogen) atoms. The minimum absolute atomic E-state index is 0.119. The van der Waals surface area contributed by atoms with Crippen LogP contribution in [-0.2, 0) is 4.74 Å². The summed E-state index contributed by atoms with van der Waals surface area (Å²) in [6, 6.07) is 7.42. The Bertz CT molecular complexity index is 396. The quantitative estimate of drug-likeness (QED) is 0.736. The van der Waals surface area contributed by atoms with Crippen molar-refractivity contribution in [2.75, 3.05) is 18.9 Å². The second kappa shape index (κ2) is 8.65. The lowest BCUT2D eigenvalue weighted by Crippen LogP contribution is -2.32. The molecule has 0 radical (unpaired) electrons. The van der Waals surface area contributed by atoms with Gasteiger partial charge >= 0.3 is 0 Å². The van der Waals surface area contributed by atoms with Gasteiger partial charge in [0.25, 0.3) is 0 Å². The van der Waals surface area contributed by atoms with Crippen LogP contribution >= 0.6 is 11.8 Å². The van der Waals surface area contributed by atoms with Gasteiger partial charge in [0.1, 0.15) is 5.82 Å². The van der Waals surface area contributed by atoms with Crippen molar-refractivity contribution in [2.24, 2.45) is 0 Å². The first-order valence-electron chi connectivity index (χ1n) is 7.52. The van der Waals surface area contributed by atoms with Crippen molar-refractivity contribution in [3.63, 3.8) is 0 Å². The third-order valence-corrected chi connectivity index (χ3v) is 4.84. The largest absolute Gasteiger partial charge is 0.378 e. The Balaban J connectivity index is 1.77. The SMILES string of the molecule is CCNC(CCC1CCCO1)CSc1ccccc1F. The van der Waals surface area contributed by atoms with Crippen molar-refractivity contribution in [2.45, 2.75) is 49.6 Å². The highest BCUT2D eigenvalue weighted by Gasteiger charge is 2.18. The zero-order chi connectivity index (χ0) is 14.2. The smallest absolute Gasteiger partial charge is 0.136 e. The molecule has 0 spiro atoms. The van der Waals surface area contributed by atoms with E-state index in [0.717, 1.165) is 36.6 Å². The topological polar surface area (TPSA) is 21.3 Å². The Morgan fingerprint density at radius 2 is 2.30 bits per heavy atom. The van der Waals surface area contributed by atoms with Crippen LogP contribution in [-0.4, -0.2) is 31.1 Å². The van der Waals surface area contributed by atoms with Gasteiger partial charge < -0.3 is 10.1 Å². The summed E-state index contributed by atoms with van der Waals surface area (Å²) in [5.74, 6) is 0.786. The third-order valence-electron chi connectivity index (χ3n) is 3.63. The Kier molecular flexibility index (Phi) is 6.83. The van der Waals surface area contributed by atoms with Crippen LogP contribution in [0.15, 0.2) is 29.2 Å². The zero-order valence-electron chi connectivity index (χ0n) is 12.1. The van der Waals surface area contributed by atoms with E-state index in [9.17, 15) is 4.39 Å². The molecule has 1 fully saturated rings. The van der Waals surface area contributed by atoms with Crippen molar-refractivity contribution in [1.29, 1.82) is 0 Å². The van der Waals surface area contributed by atoms with Gasteiger partial charge in [-0.2, -0.15) is 0 Å². The molecule has 0 saturated carbocycles. The van der Waals surface area contributed by atoms with Crippen LogP contribution in [0.1, 0.15) is 32.6 Å². The summed E-state index contributed by atoms with van der Waals surface area (Å²) in [6.07, 6.45) is 5.03. The first-order chi connectivity index (χ1) is 9.79. The molecule has 2 nitrogen and oxygen atoms in total. The number of ether oxygens (including phenoxy) is 1. The first kappa shape index (κ1) is 15.8. The molecule has 0 bridgehead atoms. The molecular formula is C16H24FNOS. The van der Waals surface area contributed by atoms with Gasteiger partial charge in [-0.3, -0.25) is 0 Å². The van der Waals surface area contributed by atoms with Gasteiger partial charge in [-0.15, -0.1) is 11.8 Å². The molecule has 1 saturated heterocycles. The molecule has 0 aromatic heterocycles. The lowest BCUT2D eigenvalue weighted by atomic mass is 10.1. The standard InChI is InChI=1S/C16H24FNOS/c1-2-18-13(9-10-14-6-5-11-19-14)12-20-16-8-4-3-7-15(16)17/h3-4,7-8,13-14,18H,2,5-6,9-12H2,1H3. The van der Waals surface area contributed by atoms with Crippen molar-refractivity contribution < 1.29 is 9.13 Å². The molecule has 1 aromatic rings. The molecule has 2 atom stereocenters. The molecule has 1 aliphatic rings. The van der Waals surface area contributed by atoms with Crippen LogP contribution in [0, 0.1) is 5.82 Å². The van der Waals surface area contributed by atoms with E-state index >= 15 is 0 Å². The van der Waals surface area contributed by atoms with Crippen molar-refractivity contribution in [3.8, 4) is 0 Å². The summed E-state index contributed by atoms with van der Waals surface area (Å²) >= 11 is 1.60. The van der Waals surface area contributed by atoms with Gasteiger partial charge in [0.15, 0.2) is 0 Å². The molecule has 4 heteroatoms. The second-order valence-electron chi connectivity index (χ2n) is 5.21. The van der Waals surface area contributed by atoms with E-state index in [1.165, 1.54) is 18.9 Å². The predicted molar refractivity (Wildman–Crippen MR) is 82.8 cm³/mol. The number of nitrogens with one attached hydrogen (secondary N) is 1. The van der Waals surface area contributed by atoms with Crippen LogP contribution in [0.5, 0.6) is 0 Å². The number of hydrogen-bond donors (Lipinski definition) is 1. The number of benzene rings is 1. The first-order valence-corrected chi connectivity index (χ1v) is 8.50. The Labute approximate surface area is 125 Å². The van der Waals surface area contributed by atoms with Crippen molar-refractivity contribution in [3.05, 3.63) is 30.1 Å². The maximum absolute atomic E-state index is 13.6. The van der Waals surface area contributed by atoms with Gasteiger partial charge in [0.05, 0.1) is 6.10 Å². The van der Waals surface area contributed by atoms with E-state index < -0.39 is 0 Å². The van der Waals surface area contributed by atoms with Gasteiger partial charge in [-0.25, -0.2) is 4.39 Å². The van der Waals surface area contributed by atoms with Gasteiger partial charge in [-0.1, -0.05) is 19.1 Å². The molecule has 1 aliphatic heterocycles. The molecule has 2 unspecified atom stereocenters. The van der Waals surface area contributed by atoms with Gasteiger partial charge in [-0.05, 0) is 44.4 Å². The minimum atomic E-state index is -0.119.